The van der Waals surface area contributed by atoms with Gasteiger partial charge in [0.05, 0.1) is 0 Å². The van der Waals surface area contributed by atoms with Crippen molar-refractivity contribution < 1.29 is 0 Å². The van der Waals surface area contributed by atoms with Crippen LogP contribution in [0.25, 0.3) is 0 Å². The van der Waals surface area contributed by atoms with Gasteiger partial charge in [0.2, 0.25) is 0 Å². The summed E-state index contributed by atoms with van der Waals surface area (Å²) in [5, 5.41) is 11.7. The molecule has 0 spiro atoms. The first-order valence-corrected chi connectivity index (χ1v) is 10.0. The molecule has 0 fully saturated rings. The maximum Gasteiger partial charge on any atom is 0.124 e. The fourth-order valence-electron chi connectivity index (χ4n) is 4.44. The Morgan fingerprint density at radius 3 is 2.42 bits per heavy atom. The summed E-state index contributed by atoms with van der Waals surface area (Å²) < 4.78 is 0. The molecule has 3 heteroatoms. The Kier molecular flexibility index (Phi) is 4.80. The molecule has 3 nitrogen and oxygen atoms in total. The van der Waals surface area contributed by atoms with E-state index < -0.39 is 0 Å². The van der Waals surface area contributed by atoms with Crippen molar-refractivity contribution in [3.8, 4) is 0 Å². The van der Waals surface area contributed by atoms with E-state index in [4.69, 9.17) is 5.11 Å². The van der Waals surface area contributed by atoms with Crippen LogP contribution >= 0.6 is 0 Å². The predicted octanol–water partition coefficient (Wildman–Crippen LogP) is 6.25. The van der Waals surface area contributed by atoms with Crippen LogP contribution in [0.1, 0.15) is 73.9 Å². The number of hydrogen-bond acceptors (Lipinski definition) is 3. The highest BCUT2D eigenvalue weighted by Gasteiger charge is 2.39. The molecule has 0 aromatic heterocycles. The SMILES string of the molecule is CC[C@@H]1Cc2ccccc2C2C(N=NN2CCC(C)C)c2ccccc21. The van der Waals surface area contributed by atoms with E-state index in [0.717, 1.165) is 25.8 Å². The molecule has 26 heavy (non-hydrogen) atoms. The molecule has 1 heterocycles. The van der Waals surface area contributed by atoms with Gasteiger partial charge in [-0.2, -0.15) is 5.11 Å². The lowest BCUT2D eigenvalue weighted by Gasteiger charge is -2.33. The maximum atomic E-state index is 4.78. The Morgan fingerprint density at radius 2 is 1.69 bits per heavy atom. The molecule has 0 amide bonds. The molecule has 0 radical (unpaired) electrons. The smallest absolute Gasteiger partial charge is 0.124 e. The van der Waals surface area contributed by atoms with Gasteiger partial charge < -0.3 is 0 Å². The largest absolute Gasteiger partial charge is 0.269 e. The molecule has 2 aliphatic rings. The van der Waals surface area contributed by atoms with Crippen molar-refractivity contribution in [2.75, 3.05) is 6.54 Å². The number of hydrogen-bond donors (Lipinski definition) is 0. The molecule has 2 aromatic rings. The van der Waals surface area contributed by atoms with Gasteiger partial charge >= 0.3 is 0 Å². The second-order valence-corrected chi connectivity index (χ2v) is 8.08. The first-order valence-electron chi connectivity index (χ1n) is 10.0. The summed E-state index contributed by atoms with van der Waals surface area (Å²) in [6.07, 6.45) is 3.39. The van der Waals surface area contributed by atoms with Gasteiger partial charge in [-0.15, -0.1) is 0 Å². The van der Waals surface area contributed by atoms with Crippen LogP contribution in [0.2, 0.25) is 0 Å². The Bertz CT molecular complexity index is 796. The van der Waals surface area contributed by atoms with E-state index in [0.29, 0.717) is 11.8 Å². The molecule has 0 N–H and O–H groups in total. The predicted molar refractivity (Wildman–Crippen MR) is 106 cm³/mol. The average Bonchev–Trinajstić information content (AvgIpc) is 3.06. The minimum Gasteiger partial charge on any atom is -0.269 e. The average molecular weight is 348 g/mol. The molecule has 1 aliphatic carbocycles. The lowest BCUT2D eigenvalue weighted by Crippen LogP contribution is -2.28. The molecule has 2 unspecified atom stereocenters. The quantitative estimate of drug-likeness (QED) is 0.642. The van der Waals surface area contributed by atoms with Crippen molar-refractivity contribution in [2.24, 2.45) is 16.3 Å². The zero-order chi connectivity index (χ0) is 18.1. The van der Waals surface area contributed by atoms with E-state index in [2.05, 4.69) is 79.5 Å². The van der Waals surface area contributed by atoms with Crippen LogP contribution in [0.5, 0.6) is 0 Å². The fraction of sp³-hybridized carbons (Fsp3) is 0.478. The minimum absolute atomic E-state index is 0.105. The van der Waals surface area contributed by atoms with Gasteiger partial charge in [-0.25, -0.2) is 0 Å². The van der Waals surface area contributed by atoms with Gasteiger partial charge in [0.15, 0.2) is 0 Å². The van der Waals surface area contributed by atoms with Crippen LogP contribution in [0.15, 0.2) is 58.9 Å². The Hall–Kier alpha value is -2.16. The van der Waals surface area contributed by atoms with Crippen LogP contribution in [-0.4, -0.2) is 11.6 Å². The van der Waals surface area contributed by atoms with Gasteiger partial charge in [-0.3, -0.25) is 5.01 Å². The van der Waals surface area contributed by atoms with Gasteiger partial charge in [0.1, 0.15) is 12.1 Å². The third kappa shape index (κ3) is 3.04. The second kappa shape index (κ2) is 7.22. The van der Waals surface area contributed by atoms with Crippen LogP contribution < -0.4 is 0 Å². The molecule has 4 rings (SSSR count). The van der Waals surface area contributed by atoms with Crippen molar-refractivity contribution in [1.82, 2.24) is 5.01 Å². The van der Waals surface area contributed by atoms with Crippen LogP contribution in [0, 0.1) is 5.92 Å². The van der Waals surface area contributed by atoms with Crippen molar-refractivity contribution >= 4 is 0 Å². The van der Waals surface area contributed by atoms with Gasteiger partial charge in [0.25, 0.3) is 0 Å². The Labute approximate surface area is 157 Å². The molecule has 136 valence electrons. The van der Waals surface area contributed by atoms with E-state index in [9.17, 15) is 0 Å². The van der Waals surface area contributed by atoms with Crippen molar-refractivity contribution in [3.05, 3.63) is 70.8 Å². The minimum atomic E-state index is 0.105. The summed E-state index contributed by atoms with van der Waals surface area (Å²) in [6, 6.07) is 18.2. The normalized spacial score (nSPS) is 24.0. The van der Waals surface area contributed by atoms with E-state index in [1.165, 1.54) is 22.3 Å². The number of benzene rings is 2. The lowest BCUT2D eigenvalue weighted by molar-refractivity contribution is 0.207. The van der Waals surface area contributed by atoms with Gasteiger partial charge in [0, 0.05) is 6.54 Å². The summed E-state index contributed by atoms with van der Waals surface area (Å²) in [7, 11) is 0. The second-order valence-electron chi connectivity index (χ2n) is 8.08. The van der Waals surface area contributed by atoms with Gasteiger partial charge in [-0.05, 0) is 53.4 Å². The van der Waals surface area contributed by atoms with E-state index in [1.807, 2.05) is 0 Å². The number of nitrogens with zero attached hydrogens (tertiary/aromatic N) is 3. The third-order valence-corrected chi connectivity index (χ3v) is 5.93. The lowest BCUT2D eigenvalue weighted by atomic mass is 9.77. The molecule has 2 aromatic carbocycles. The van der Waals surface area contributed by atoms with E-state index >= 15 is 0 Å². The summed E-state index contributed by atoms with van der Waals surface area (Å²) in [5.41, 5.74) is 5.71. The highest BCUT2D eigenvalue weighted by molar-refractivity contribution is 5.43. The molecule has 0 saturated heterocycles. The first-order chi connectivity index (χ1) is 12.7. The first kappa shape index (κ1) is 17.3. The molecule has 0 bridgehead atoms. The standard InChI is InChI=1S/C23H29N3/c1-4-17-15-18-9-5-6-11-20(18)23-22(21-12-8-7-10-19(17)21)24-25-26(23)14-13-16(2)3/h5-12,16-17,22-23H,4,13-15H2,1-3H3/t17-,22?,23?/m1/s1. The van der Waals surface area contributed by atoms with Crippen molar-refractivity contribution in [1.29, 1.82) is 0 Å². The fourth-order valence-corrected chi connectivity index (χ4v) is 4.44. The Balaban J connectivity index is 1.81. The van der Waals surface area contributed by atoms with Crippen LogP contribution in [0.3, 0.4) is 0 Å². The summed E-state index contributed by atoms with van der Waals surface area (Å²) in [5.74, 6) is 1.22. The summed E-state index contributed by atoms with van der Waals surface area (Å²) in [6.45, 7) is 7.82. The monoisotopic (exact) mass is 347 g/mol. The Morgan fingerprint density at radius 1 is 1.00 bits per heavy atom. The number of fused-ring (bicyclic) bond motifs is 5. The molecular formula is C23H29N3. The zero-order valence-corrected chi connectivity index (χ0v) is 16.1. The molecular weight excluding hydrogens is 318 g/mol. The number of rotatable bonds is 4. The van der Waals surface area contributed by atoms with Crippen molar-refractivity contribution in [2.45, 2.75) is 58.0 Å². The maximum absolute atomic E-state index is 4.78. The van der Waals surface area contributed by atoms with Crippen molar-refractivity contribution in [3.63, 3.8) is 0 Å². The summed E-state index contributed by atoms with van der Waals surface area (Å²) >= 11 is 0. The highest BCUT2D eigenvalue weighted by atomic mass is 15.6. The molecule has 1 aliphatic heterocycles. The third-order valence-electron chi connectivity index (χ3n) is 5.93. The molecule has 0 saturated carbocycles. The van der Waals surface area contributed by atoms with Crippen LogP contribution in [-0.2, 0) is 6.42 Å². The van der Waals surface area contributed by atoms with E-state index in [-0.39, 0.29) is 12.1 Å². The van der Waals surface area contributed by atoms with Crippen LogP contribution in [0.4, 0.5) is 0 Å². The van der Waals surface area contributed by atoms with Gasteiger partial charge in [-0.1, -0.05) is 74.5 Å². The molecule has 3 atom stereocenters. The summed E-state index contributed by atoms with van der Waals surface area (Å²) in [4.78, 5) is 0. The topological polar surface area (TPSA) is 28.0 Å². The zero-order valence-electron chi connectivity index (χ0n) is 16.1. The highest BCUT2D eigenvalue weighted by Crippen LogP contribution is 2.48. The van der Waals surface area contributed by atoms with E-state index in [1.54, 1.807) is 0 Å².